The second-order valence-corrected chi connectivity index (χ2v) is 8.97. The number of ether oxygens (including phenoxy) is 1. The first-order valence-corrected chi connectivity index (χ1v) is 11.2. The molecule has 6 nitrogen and oxygen atoms in total. The Morgan fingerprint density at radius 2 is 1.84 bits per heavy atom. The number of thioether (sulfide) groups is 1. The normalized spacial score (nSPS) is 12.3. The minimum Gasteiger partial charge on any atom is -0.497 e. The molecule has 0 aliphatic rings. The number of hydrogen-bond acceptors (Lipinski definition) is 5. The van der Waals surface area contributed by atoms with Crippen LogP contribution in [-0.2, 0) is 4.79 Å². The molecule has 160 valence electrons. The fourth-order valence-corrected chi connectivity index (χ4v) is 4.75. The zero-order valence-corrected chi connectivity index (χ0v) is 18.8. The quantitative estimate of drug-likeness (QED) is 0.366. The number of nitrogens with zero attached hydrogens (tertiary/aromatic N) is 3. The number of amides is 1. The molecule has 1 N–H and O–H groups in total. The van der Waals surface area contributed by atoms with Crippen LogP contribution in [-0.4, -0.2) is 32.9 Å². The summed E-state index contributed by atoms with van der Waals surface area (Å²) in [5, 5.41) is 15.3. The van der Waals surface area contributed by atoms with Gasteiger partial charge in [0.2, 0.25) is 5.91 Å². The summed E-state index contributed by atoms with van der Waals surface area (Å²) in [6.45, 7) is 3.93. The van der Waals surface area contributed by atoms with E-state index in [0.29, 0.717) is 5.16 Å². The van der Waals surface area contributed by atoms with Crippen molar-refractivity contribution in [3.63, 3.8) is 0 Å². The molecule has 32 heavy (non-hydrogen) atoms. The summed E-state index contributed by atoms with van der Waals surface area (Å²) in [5.74, 6) is 0.674. The first-order chi connectivity index (χ1) is 15.5. The number of rotatable bonds is 5. The monoisotopic (exact) mass is 442 g/mol. The van der Waals surface area contributed by atoms with Crippen molar-refractivity contribution in [2.75, 3.05) is 12.4 Å². The smallest absolute Gasteiger partial charge is 0.237 e. The van der Waals surface area contributed by atoms with Crippen molar-refractivity contribution < 1.29 is 9.53 Å². The van der Waals surface area contributed by atoms with E-state index in [-0.39, 0.29) is 11.2 Å². The van der Waals surface area contributed by atoms with Crippen molar-refractivity contribution >= 4 is 50.7 Å². The topological polar surface area (TPSA) is 68.5 Å². The predicted octanol–water partition coefficient (Wildman–Crippen LogP) is 5.47. The van der Waals surface area contributed by atoms with E-state index in [4.69, 9.17) is 4.74 Å². The second-order valence-electron chi connectivity index (χ2n) is 7.66. The maximum absolute atomic E-state index is 13.0. The van der Waals surface area contributed by atoms with E-state index in [1.807, 2.05) is 78.1 Å². The minimum absolute atomic E-state index is 0.0860. The van der Waals surface area contributed by atoms with Gasteiger partial charge in [-0.15, -0.1) is 10.2 Å². The Bertz CT molecular complexity index is 1470. The summed E-state index contributed by atoms with van der Waals surface area (Å²) in [6, 6.07) is 21.9. The third-order valence-electron chi connectivity index (χ3n) is 5.57. The van der Waals surface area contributed by atoms with Gasteiger partial charge in [-0.25, -0.2) is 0 Å². The summed E-state index contributed by atoms with van der Waals surface area (Å²) in [7, 11) is 1.65. The first kappa shape index (κ1) is 20.3. The van der Waals surface area contributed by atoms with Crippen LogP contribution >= 0.6 is 11.8 Å². The number of carbonyl (C=O) groups excluding carboxylic acids is 1. The van der Waals surface area contributed by atoms with Gasteiger partial charge < -0.3 is 10.1 Å². The lowest BCUT2D eigenvalue weighted by molar-refractivity contribution is -0.115. The van der Waals surface area contributed by atoms with Crippen LogP contribution in [0.3, 0.4) is 0 Å². The van der Waals surface area contributed by atoms with Crippen LogP contribution in [0, 0.1) is 6.92 Å². The first-order valence-electron chi connectivity index (χ1n) is 10.3. The van der Waals surface area contributed by atoms with E-state index in [9.17, 15) is 4.79 Å². The van der Waals surface area contributed by atoms with Gasteiger partial charge in [0.15, 0.2) is 10.8 Å². The van der Waals surface area contributed by atoms with Crippen molar-refractivity contribution in [1.29, 1.82) is 0 Å². The zero-order valence-electron chi connectivity index (χ0n) is 18.0. The summed E-state index contributed by atoms with van der Waals surface area (Å²) in [5.41, 5.74) is 3.61. The maximum atomic E-state index is 13.0. The van der Waals surface area contributed by atoms with Crippen LogP contribution in [0.25, 0.3) is 27.3 Å². The Hall–Kier alpha value is -3.58. The molecule has 1 atom stereocenters. The van der Waals surface area contributed by atoms with Gasteiger partial charge in [-0.05, 0) is 49.1 Å². The molecule has 0 fully saturated rings. The van der Waals surface area contributed by atoms with Gasteiger partial charge in [0.05, 0.1) is 17.9 Å². The third-order valence-corrected chi connectivity index (χ3v) is 6.62. The van der Waals surface area contributed by atoms with E-state index in [1.165, 1.54) is 11.8 Å². The predicted molar refractivity (Wildman–Crippen MR) is 130 cm³/mol. The highest BCUT2D eigenvalue weighted by molar-refractivity contribution is 8.00. The van der Waals surface area contributed by atoms with Gasteiger partial charge >= 0.3 is 0 Å². The molecule has 0 saturated heterocycles. The molecule has 1 unspecified atom stereocenters. The number of aromatic nitrogens is 3. The fourth-order valence-electron chi connectivity index (χ4n) is 3.89. The Balaban J connectivity index is 1.47. The molecule has 2 aromatic heterocycles. The van der Waals surface area contributed by atoms with E-state index < -0.39 is 0 Å². The van der Waals surface area contributed by atoms with Crippen LogP contribution in [0.1, 0.15) is 12.5 Å². The molecule has 0 radical (unpaired) electrons. The molecule has 7 heteroatoms. The van der Waals surface area contributed by atoms with E-state index >= 15 is 0 Å². The SMILES string of the molecule is COc1ccc2c(C)cc3nnc(SC(C)C(=O)Nc4cccc5ccccc45)n3c2c1. The van der Waals surface area contributed by atoms with Crippen molar-refractivity contribution in [2.24, 2.45) is 0 Å². The number of anilines is 1. The number of pyridine rings is 1. The molecule has 0 spiro atoms. The van der Waals surface area contributed by atoms with E-state index in [0.717, 1.165) is 44.3 Å². The number of nitrogens with one attached hydrogen (secondary N) is 1. The van der Waals surface area contributed by atoms with Crippen LogP contribution in [0.4, 0.5) is 5.69 Å². The highest BCUT2D eigenvalue weighted by atomic mass is 32.2. The molecule has 1 amide bonds. The van der Waals surface area contributed by atoms with Crippen LogP contribution in [0.5, 0.6) is 5.75 Å². The molecule has 0 aliphatic heterocycles. The number of benzene rings is 3. The third kappa shape index (κ3) is 3.54. The van der Waals surface area contributed by atoms with E-state index in [2.05, 4.69) is 22.4 Å². The average Bonchev–Trinajstić information content (AvgIpc) is 3.21. The number of aryl methyl sites for hydroxylation is 1. The van der Waals surface area contributed by atoms with Crippen LogP contribution < -0.4 is 10.1 Å². The number of methoxy groups -OCH3 is 1. The largest absolute Gasteiger partial charge is 0.497 e. The molecule has 5 aromatic rings. The van der Waals surface area contributed by atoms with Gasteiger partial charge in [0.1, 0.15) is 5.75 Å². The summed E-state index contributed by atoms with van der Waals surface area (Å²) < 4.78 is 7.41. The Morgan fingerprint density at radius 3 is 2.69 bits per heavy atom. The van der Waals surface area contributed by atoms with Crippen molar-refractivity contribution in [2.45, 2.75) is 24.3 Å². The van der Waals surface area contributed by atoms with Gasteiger partial charge in [-0.3, -0.25) is 9.20 Å². The average molecular weight is 443 g/mol. The molecular formula is C25H22N4O2S. The Morgan fingerprint density at radius 1 is 1.03 bits per heavy atom. The maximum Gasteiger partial charge on any atom is 0.237 e. The minimum atomic E-state index is -0.372. The molecule has 0 saturated carbocycles. The van der Waals surface area contributed by atoms with Gasteiger partial charge in [-0.2, -0.15) is 0 Å². The lowest BCUT2D eigenvalue weighted by atomic mass is 10.1. The standard InChI is InChI=1S/C25H22N4O2S/c1-15-13-23-27-28-25(29(23)22-14-18(31-3)11-12-19(15)22)32-16(2)24(30)26-21-10-6-8-17-7-4-5-9-20(17)21/h4-14,16H,1-3H3,(H,26,30). The van der Waals surface area contributed by atoms with Crippen LogP contribution in [0.2, 0.25) is 0 Å². The number of fused-ring (bicyclic) bond motifs is 4. The van der Waals surface area contributed by atoms with Crippen molar-refractivity contribution in [1.82, 2.24) is 14.6 Å². The zero-order chi connectivity index (χ0) is 22.2. The Kier molecular flexibility index (Phi) is 5.19. The van der Waals surface area contributed by atoms with Gasteiger partial charge in [0.25, 0.3) is 0 Å². The number of carbonyl (C=O) groups is 1. The molecule has 2 heterocycles. The molecule has 3 aromatic carbocycles. The Labute approximate surface area is 189 Å². The number of hydrogen-bond donors (Lipinski definition) is 1. The summed E-state index contributed by atoms with van der Waals surface area (Å²) >= 11 is 1.38. The molecule has 0 aliphatic carbocycles. The van der Waals surface area contributed by atoms with Gasteiger partial charge in [-0.1, -0.05) is 48.2 Å². The summed E-state index contributed by atoms with van der Waals surface area (Å²) in [6.07, 6.45) is 0. The van der Waals surface area contributed by atoms with Crippen LogP contribution in [0.15, 0.2) is 71.9 Å². The lowest BCUT2D eigenvalue weighted by Crippen LogP contribution is -2.22. The summed E-state index contributed by atoms with van der Waals surface area (Å²) in [4.78, 5) is 13.0. The highest BCUT2D eigenvalue weighted by Crippen LogP contribution is 2.31. The van der Waals surface area contributed by atoms with Crippen molar-refractivity contribution in [3.05, 3.63) is 72.3 Å². The van der Waals surface area contributed by atoms with E-state index in [1.54, 1.807) is 7.11 Å². The lowest BCUT2D eigenvalue weighted by Gasteiger charge is -2.14. The highest BCUT2D eigenvalue weighted by Gasteiger charge is 2.20. The van der Waals surface area contributed by atoms with Gasteiger partial charge in [0, 0.05) is 22.5 Å². The molecule has 0 bridgehead atoms. The molecular weight excluding hydrogens is 420 g/mol. The fraction of sp³-hybridized carbons (Fsp3) is 0.160. The molecule has 5 rings (SSSR count). The van der Waals surface area contributed by atoms with Crippen molar-refractivity contribution in [3.8, 4) is 5.75 Å². The second kappa shape index (κ2) is 8.16.